The number of aryl methyl sites for hydroxylation is 1. The number of fused-ring (bicyclic) bond motifs is 1. The monoisotopic (exact) mass is 502 g/mol. The zero-order chi connectivity index (χ0) is 23.0. The number of esters is 1. The molecule has 2 aromatic carbocycles. The van der Waals surface area contributed by atoms with E-state index in [4.69, 9.17) is 51.1 Å². The Morgan fingerprint density at radius 2 is 1.55 bits per heavy atom. The minimum Gasteiger partial charge on any atom is -0.454 e. The van der Waals surface area contributed by atoms with E-state index in [-0.39, 0.29) is 31.2 Å². The Bertz CT molecular complexity index is 1090. The number of carbonyl (C=O) groups excluding carboxylic acids is 4. The van der Waals surface area contributed by atoms with Crippen LogP contribution >= 0.6 is 46.4 Å². The van der Waals surface area contributed by atoms with Crippen molar-refractivity contribution in [1.82, 2.24) is 4.90 Å². The normalized spacial score (nSPS) is 13.8. The van der Waals surface area contributed by atoms with Crippen LogP contribution in [0.3, 0.4) is 0 Å². The van der Waals surface area contributed by atoms with Gasteiger partial charge in [-0.05, 0) is 31.5 Å². The zero-order valence-electron chi connectivity index (χ0n) is 16.1. The quantitative estimate of drug-likeness (QED) is 0.274. The highest BCUT2D eigenvalue weighted by Gasteiger charge is 2.45. The van der Waals surface area contributed by atoms with Gasteiger partial charge in [0.15, 0.2) is 6.61 Å². The number of benzene rings is 2. The molecule has 1 N–H and O–H groups in total. The number of hydrogen-bond donors (Lipinski definition) is 1. The van der Waals surface area contributed by atoms with Crippen molar-refractivity contribution < 1.29 is 23.9 Å². The number of halogens is 4. The zero-order valence-corrected chi connectivity index (χ0v) is 19.1. The third kappa shape index (κ3) is 4.36. The molecule has 0 saturated heterocycles. The fourth-order valence-electron chi connectivity index (χ4n) is 3.00. The average molecular weight is 504 g/mol. The number of rotatable bonds is 5. The van der Waals surface area contributed by atoms with E-state index in [0.717, 1.165) is 5.56 Å². The van der Waals surface area contributed by atoms with Gasteiger partial charge in [0.05, 0.1) is 31.2 Å². The fourth-order valence-corrected chi connectivity index (χ4v) is 4.02. The lowest BCUT2D eigenvalue weighted by Crippen LogP contribution is -2.44. The molecule has 3 rings (SSSR count). The lowest BCUT2D eigenvalue weighted by Gasteiger charge is -2.20. The highest BCUT2D eigenvalue weighted by molar-refractivity contribution is 6.55. The van der Waals surface area contributed by atoms with Crippen LogP contribution in [0.25, 0.3) is 0 Å². The summed E-state index contributed by atoms with van der Waals surface area (Å²) in [6.07, 6.45) is 0. The van der Waals surface area contributed by atoms with Gasteiger partial charge in [-0.3, -0.25) is 19.3 Å². The Kier molecular flexibility index (Phi) is 6.81. The van der Waals surface area contributed by atoms with Gasteiger partial charge >= 0.3 is 5.97 Å². The van der Waals surface area contributed by atoms with Crippen molar-refractivity contribution in [2.75, 3.05) is 11.9 Å². The van der Waals surface area contributed by atoms with Crippen LogP contribution in [0, 0.1) is 6.92 Å². The van der Waals surface area contributed by atoms with Gasteiger partial charge in [0.1, 0.15) is 6.04 Å². The number of amides is 3. The largest absolute Gasteiger partial charge is 0.454 e. The molecule has 0 bridgehead atoms. The summed E-state index contributed by atoms with van der Waals surface area (Å²) in [5.74, 6) is -3.31. The number of anilines is 1. The van der Waals surface area contributed by atoms with Crippen molar-refractivity contribution in [1.29, 1.82) is 0 Å². The van der Waals surface area contributed by atoms with Gasteiger partial charge in [-0.2, -0.15) is 0 Å². The Morgan fingerprint density at radius 3 is 2.06 bits per heavy atom. The lowest BCUT2D eigenvalue weighted by atomic mass is 10.1. The predicted octanol–water partition coefficient (Wildman–Crippen LogP) is 4.78. The summed E-state index contributed by atoms with van der Waals surface area (Å²) in [5.41, 5.74) is 0.977. The molecule has 0 radical (unpaired) electrons. The minimum atomic E-state index is -1.36. The number of ether oxygens (including phenoxy) is 1. The minimum absolute atomic E-state index is 0.182. The van der Waals surface area contributed by atoms with Gasteiger partial charge in [-0.25, -0.2) is 4.79 Å². The second-order valence-corrected chi connectivity index (χ2v) is 8.20. The first-order valence-corrected chi connectivity index (χ1v) is 10.3. The van der Waals surface area contributed by atoms with Crippen molar-refractivity contribution in [3.05, 3.63) is 61.0 Å². The van der Waals surface area contributed by atoms with Gasteiger partial charge in [0.25, 0.3) is 17.7 Å². The van der Waals surface area contributed by atoms with Crippen molar-refractivity contribution in [3.63, 3.8) is 0 Å². The summed E-state index contributed by atoms with van der Waals surface area (Å²) in [5, 5.41) is 1.72. The molecule has 0 saturated carbocycles. The Labute approximate surface area is 197 Å². The van der Waals surface area contributed by atoms with E-state index in [2.05, 4.69) is 5.32 Å². The fraction of sp³-hybridized carbons (Fsp3) is 0.200. The van der Waals surface area contributed by atoms with Crippen molar-refractivity contribution >= 4 is 75.8 Å². The Balaban J connectivity index is 1.72. The summed E-state index contributed by atoms with van der Waals surface area (Å²) >= 11 is 24.1. The molecule has 0 aliphatic carbocycles. The van der Waals surface area contributed by atoms with E-state index < -0.39 is 36.3 Å². The second kappa shape index (κ2) is 9.04. The van der Waals surface area contributed by atoms with E-state index in [0.29, 0.717) is 10.6 Å². The summed E-state index contributed by atoms with van der Waals surface area (Å²) in [7, 11) is 0. The number of nitrogens with one attached hydrogen (secondary N) is 1. The number of hydrogen-bond acceptors (Lipinski definition) is 5. The standard InChI is InChI=1S/C20H14Cl4N2O5/c1-8-4-3-5-10(6-8)25-11(27)7-31-20(30)9(2)26-18(28)12-13(19(26)29)15(22)17(24)16(23)14(12)21/h3-6,9H,7H2,1-2H3,(H,25,27)/t9-/m1/s1. The molecule has 0 unspecified atom stereocenters. The van der Waals surface area contributed by atoms with Crippen LogP contribution in [-0.2, 0) is 14.3 Å². The van der Waals surface area contributed by atoms with E-state index in [1.807, 2.05) is 13.0 Å². The molecule has 1 heterocycles. The van der Waals surface area contributed by atoms with Crippen molar-refractivity contribution in [3.8, 4) is 0 Å². The topological polar surface area (TPSA) is 92.8 Å². The third-order valence-corrected chi connectivity index (χ3v) is 6.31. The first-order valence-electron chi connectivity index (χ1n) is 8.81. The van der Waals surface area contributed by atoms with Crippen LogP contribution < -0.4 is 5.32 Å². The highest BCUT2D eigenvalue weighted by atomic mass is 35.5. The van der Waals surface area contributed by atoms with E-state index in [9.17, 15) is 19.2 Å². The van der Waals surface area contributed by atoms with Crippen LogP contribution in [0.2, 0.25) is 20.1 Å². The highest BCUT2D eigenvalue weighted by Crippen LogP contribution is 2.45. The number of carbonyl (C=O) groups is 4. The van der Waals surface area contributed by atoms with Crippen molar-refractivity contribution in [2.45, 2.75) is 19.9 Å². The molecule has 3 amide bonds. The molecule has 0 aromatic heterocycles. The smallest absolute Gasteiger partial charge is 0.329 e. The number of nitrogens with zero attached hydrogens (tertiary/aromatic N) is 1. The first kappa shape index (κ1) is 23.3. The molecule has 0 spiro atoms. The number of imide groups is 1. The predicted molar refractivity (Wildman–Crippen MR) is 117 cm³/mol. The Morgan fingerprint density at radius 1 is 1.00 bits per heavy atom. The van der Waals surface area contributed by atoms with Crippen molar-refractivity contribution in [2.24, 2.45) is 0 Å². The molecule has 31 heavy (non-hydrogen) atoms. The van der Waals surface area contributed by atoms with E-state index >= 15 is 0 Å². The Hall–Kier alpha value is -2.32. The summed E-state index contributed by atoms with van der Waals surface area (Å²) in [4.78, 5) is 50.6. The SMILES string of the molecule is Cc1cccc(NC(=O)COC(=O)[C@@H](C)N2C(=O)c3c(Cl)c(Cl)c(Cl)c(Cl)c3C2=O)c1. The van der Waals surface area contributed by atoms with Gasteiger partial charge in [-0.15, -0.1) is 0 Å². The van der Waals surface area contributed by atoms with Crippen LogP contribution in [0.5, 0.6) is 0 Å². The molecule has 7 nitrogen and oxygen atoms in total. The lowest BCUT2D eigenvalue weighted by molar-refractivity contribution is -0.150. The third-order valence-electron chi connectivity index (χ3n) is 4.51. The molecule has 0 fully saturated rings. The molecule has 162 valence electrons. The van der Waals surface area contributed by atoms with Gasteiger partial charge in [-0.1, -0.05) is 58.5 Å². The molecule has 2 aromatic rings. The van der Waals surface area contributed by atoms with Gasteiger partial charge in [0.2, 0.25) is 0 Å². The second-order valence-electron chi connectivity index (χ2n) is 6.69. The average Bonchev–Trinajstić information content (AvgIpc) is 2.98. The maximum atomic E-state index is 12.8. The molecule has 1 aliphatic heterocycles. The maximum Gasteiger partial charge on any atom is 0.329 e. The van der Waals surface area contributed by atoms with Crippen LogP contribution in [0.15, 0.2) is 24.3 Å². The molecule has 1 aliphatic rings. The maximum absolute atomic E-state index is 12.8. The van der Waals surface area contributed by atoms with Gasteiger partial charge < -0.3 is 10.1 Å². The van der Waals surface area contributed by atoms with E-state index in [1.165, 1.54) is 6.92 Å². The summed E-state index contributed by atoms with van der Waals surface area (Å²) < 4.78 is 4.97. The summed E-state index contributed by atoms with van der Waals surface area (Å²) in [6.45, 7) is 2.52. The molecule has 11 heteroatoms. The van der Waals surface area contributed by atoms with Crippen LogP contribution in [0.4, 0.5) is 5.69 Å². The van der Waals surface area contributed by atoms with Gasteiger partial charge in [0, 0.05) is 5.69 Å². The van der Waals surface area contributed by atoms with Crippen LogP contribution in [-0.4, -0.2) is 41.2 Å². The summed E-state index contributed by atoms with van der Waals surface area (Å²) in [6, 6.07) is 5.68. The molecular formula is C20H14Cl4N2O5. The van der Waals surface area contributed by atoms with E-state index in [1.54, 1.807) is 18.2 Å². The molecule has 1 atom stereocenters. The van der Waals surface area contributed by atoms with Crippen LogP contribution in [0.1, 0.15) is 33.2 Å². The molecular weight excluding hydrogens is 490 g/mol. The first-order chi connectivity index (χ1) is 14.5.